The molecule has 9 heteroatoms. The Hall–Kier alpha value is -2.29. The average molecular weight is 535 g/mol. The fraction of sp³-hybridized carbons (Fsp3) is 0.643. The highest BCUT2D eigenvalue weighted by atomic mass is 35.5. The minimum absolute atomic E-state index is 0.0433. The van der Waals surface area contributed by atoms with Crippen LogP contribution in [0, 0.1) is 0 Å². The van der Waals surface area contributed by atoms with Crippen LogP contribution in [0.3, 0.4) is 0 Å². The highest BCUT2D eigenvalue weighted by molar-refractivity contribution is 6.49. The van der Waals surface area contributed by atoms with Crippen LogP contribution >= 0.6 is 11.6 Å². The highest BCUT2D eigenvalue weighted by Crippen LogP contribution is 2.38. The third-order valence-corrected chi connectivity index (χ3v) is 7.07. The minimum atomic E-state index is -0.623. The third kappa shape index (κ3) is 7.85. The predicted molar refractivity (Wildman–Crippen MR) is 149 cm³/mol. The van der Waals surface area contributed by atoms with Crippen LogP contribution < -0.4 is 10.6 Å². The van der Waals surface area contributed by atoms with E-state index in [1.54, 1.807) is 12.0 Å². The Kier molecular flexibility index (Phi) is 10.3. The summed E-state index contributed by atoms with van der Waals surface area (Å²) in [5, 5.41) is 7.45. The summed E-state index contributed by atoms with van der Waals surface area (Å²) in [6.45, 7) is 12.4. The SMILES string of the molecule is C/C=C(/Cl)c1ccc([C@H](C)N(C(=O)[C@H]2CNCCN2C(=O)OC(C)(C)C)C2CC2)cc1NCCCOC. The quantitative estimate of drug-likeness (QED) is 0.411. The molecule has 2 N–H and O–H groups in total. The topological polar surface area (TPSA) is 83.1 Å². The van der Waals surface area contributed by atoms with Gasteiger partial charge in [-0.25, -0.2) is 4.79 Å². The molecular weight excluding hydrogens is 492 g/mol. The number of benzene rings is 1. The van der Waals surface area contributed by atoms with E-state index in [4.69, 9.17) is 21.1 Å². The molecule has 3 rings (SSSR count). The van der Waals surface area contributed by atoms with E-state index < -0.39 is 17.7 Å². The van der Waals surface area contributed by atoms with Crippen LogP contribution in [0.25, 0.3) is 5.03 Å². The molecule has 1 aliphatic carbocycles. The molecule has 0 radical (unpaired) electrons. The number of nitrogens with zero attached hydrogens (tertiary/aromatic N) is 2. The molecule has 0 aromatic heterocycles. The van der Waals surface area contributed by atoms with Crippen molar-refractivity contribution in [1.29, 1.82) is 0 Å². The number of carbonyl (C=O) groups excluding carboxylic acids is 2. The molecule has 1 aromatic rings. The summed E-state index contributed by atoms with van der Waals surface area (Å²) in [5.41, 5.74) is 2.25. The molecule has 0 unspecified atom stereocenters. The summed E-state index contributed by atoms with van der Waals surface area (Å²) in [5.74, 6) is -0.0433. The van der Waals surface area contributed by atoms with Crippen LogP contribution in [0.1, 0.15) is 71.0 Å². The van der Waals surface area contributed by atoms with Gasteiger partial charge < -0.3 is 25.0 Å². The first-order chi connectivity index (χ1) is 17.6. The first kappa shape index (κ1) is 29.3. The summed E-state index contributed by atoms with van der Waals surface area (Å²) < 4.78 is 10.8. The van der Waals surface area contributed by atoms with Gasteiger partial charge in [-0.3, -0.25) is 9.69 Å². The fourth-order valence-corrected chi connectivity index (χ4v) is 4.77. The maximum absolute atomic E-state index is 14.0. The molecule has 8 nitrogen and oxygen atoms in total. The number of allylic oxidation sites excluding steroid dienone is 1. The molecular formula is C28H43ClN4O4. The number of anilines is 1. The normalized spacial score (nSPS) is 19.4. The second kappa shape index (κ2) is 13.0. The lowest BCUT2D eigenvalue weighted by Crippen LogP contribution is -2.61. The molecule has 2 aliphatic rings. The molecule has 2 atom stereocenters. The number of hydrogen-bond acceptors (Lipinski definition) is 6. The van der Waals surface area contributed by atoms with E-state index in [0.29, 0.717) is 31.3 Å². The Bertz CT molecular complexity index is 973. The molecule has 206 valence electrons. The summed E-state index contributed by atoms with van der Waals surface area (Å²) >= 11 is 6.51. The smallest absolute Gasteiger partial charge is 0.411 e. The Morgan fingerprint density at radius 1 is 1.32 bits per heavy atom. The first-order valence-electron chi connectivity index (χ1n) is 13.3. The molecule has 2 fully saturated rings. The monoisotopic (exact) mass is 534 g/mol. The first-order valence-corrected chi connectivity index (χ1v) is 13.7. The summed E-state index contributed by atoms with van der Waals surface area (Å²) in [6, 6.07) is 5.54. The maximum Gasteiger partial charge on any atom is 0.411 e. The van der Waals surface area contributed by atoms with Gasteiger partial charge >= 0.3 is 6.09 Å². The highest BCUT2D eigenvalue weighted by Gasteiger charge is 2.43. The molecule has 1 saturated heterocycles. The number of halogens is 1. The van der Waals surface area contributed by atoms with Gasteiger partial charge in [0.25, 0.3) is 0 Å². The Morgan fingerprint density at radius 3 is 2.68 bits per heavy atom. The van der Waals surface area contributed by atoms with Crippen molar-refractivity contribution < 1.29 is 19.1 Å². The molecule has 0 spiro atoms. The van der Waals surface area contributed by atoms with Crippen molar-refractivity contribution in [3.8, 4) is 0 Å². The van der Waals surface area contributed by atoms with E-state index in [2.05, 4.69) is 23.6 Å². The molecule has 1 heterocycles. The van der Waals surface area contributed by atoms with Crippen molar-refractivity contribution in [2.45, 2.75) is 77.6 Å². The minimum Gasteiger partial charge on any atom is -0.444 e. The second-order valence-electron chi connectivity index (χ2n) is 10.8. The van der Waals surface area contributed by atoms with Crippen molar-refractivity contribution in [2.75, 3.05) is 45.2 Å². The number of amides is 2. The average Bonchev–Trinajstić information content (AvgIpc) is 3.70. The van der Waals surface area contributed by atoms with Gasteiger partial charge in [-0.15, -0.1) is 0 Å². The molecule has 0 bridgehead atoms. The van der Waals surface area contributed by atoms with Crippen molar-refractivity contribution in [3.63, 3.8) is 0 Å². The van der Waals surface area contributed by atoms with Crippen LogP contribution in [-0.2, 0) is 14.3 Å². The van der Waals surface area contributed by atoms with Crippen LogP contribution in [0.2, 0.25) is 0 Å². The largest absolute Gasteiger partial charge is 0.444 e. The lowest BCUT2D eigenvalue weighted by atomic mass is 10.0. The van der Waals surface area contributed by atoms with Crippen LogP contribution in [-0.4, -0.2) is 79.4 Å². The molecule has 1 aliphatic heterocycles. The van der Waals surface area contributed by atoms with Crippen molar-refractivity contribution >= 4 is 34.3 Å². The van der Waals surface area contributed by atoms with E-state index in [0.717, 1.165) is 42.6 Å². The number of methoxy groups -OCH3 is 1. The Labute approximate surface area is 226 Å². The van der Waals surface area contributed by atoms with Gasteiger partial charge in [0.1, 0.15) is 11.6 Å². The van der Waals surface area contributed by atoms with Crippen LogP contribution in [0.4, 0.5) is 10.5 Å². The Morgan fingerprint density at radius 2 is 2.05 bits per heavy atom. The number of rotatable bonds is 10. The number of ether oxygens (including phenoxy) is 2. The third-order valence-electron chi connectivity index (χ3n) is 6.65. The van der Waals surface area contributed by atoms with E-state index >= 15 is 0 Å². The molecule has 37 heavy (non-hydrogen) atoms. The van der Waals surface area contributed by atoms with Gasteiger partial charge in [0.15, 0.2) is 0 Å². The molecule has 2 amide bonds. The molecule has 1 saturated carbocycles. The lowest BCUT2D eigenvalue weighted by Gasteiger charge is -2.40. The zero-order chi connectivity index (χ0) is 27.2. The maximum atomic E-state index is 14.0. The van der Waals surface area contributed by atoms with Crippen molar-refractivity contribution in [1.82, 2.24) is 15.1 Å². The van der Waals surface area contributed by atoms with Gasteiger partial charge in [-0.1, -0.05) is 29.8 Å². The second-order valence-corrected chi connectivity index (χ2v) is 11.2. The van der Waals surface area contributed by atoms with Gasteiger partial charge in [-0.05, 0) is 65.5 Å². The van der Waals surface area contributed by atoms with E-state index in [-0.39, 0.29) is 18.0 Å². The number of carbonyl (C=O) groups is 2. The lowest BCUT2D eigenvalue weighted by molar-refractivity contribution is -0.140. The number of nitrogens with one attached hydrogen (secondary N) is 2. The van der Waals surface area contributed by atoms with Crippen LogP contribution in [0.15, 0.2) is 24.3 Å². The van der Waals surface area contributed by atoms with E-state index in [1.165, 1.54) is 0 Å². The van der Waals surface area contributed by atoms with Gasteiger partial charge in [-0.2, -0.15) is 0 Å². The van der Waals surface area contributed by atoms with Gasteiger partial charge in [0.2, 0.25) is 5.91 Å². The Balaban J connectivity index is 1.86. The van der Waals surface area contributed by atoms with Crippen molar-refractivity contribution in [2.24, 2.45) is 0 Å². The van der Waals surface area contributed by atoms with E-state index in [1.807, 2.05) is 50.8 Å². The standard InChI is InChI=1S/C28H43ClN4O4/c1-7-23(29)22-12-9-20(17-24(22)31-13-8-16-36-6)19(2)33(21-10-11-21)26(34)25-18-30-14-15-32(25)27(35)37-28(3,4)5/h7,9,12,17,19,21,25,30-31H,8,10-11,13-16,18H2,1-6H3/b23-7+/t19-,25+/m0/s1. The van der Waals surface area contributed by atoms with Gasteiger partial charge in [0.05, 0.1) is 6.04 Å². The van der Waals surface area contributed by atoms with Gasteiger partial charge in [0, 0.05) is 62.2 Å². The fourth-order valence-electron chi connectivity index (χ4n) is 4.61. The zero-order valence-corrected chi connectivity index (χ0v) is 23.9. The van der Waals surface area contributed by atoms with Crippen molar-refractivity contribution in [3.05, 3.63) is 35.4 Å². The predicted octanol–water partition coefficient (Wildman–Crippen LogP) is 5.00. The van der Waals surface area contributed by atoms with Crippen LogP contribution in [0.5, 0.6) is 0 Å². The molecule has 1 aromatic carbocycles. The summed E-state index contributed by atoms with van der Waals surface area (Å²) in [7, 11) is 1.69. The number of hydrogen-bond donors (Lipinski definition) is 2. The zero-order valence-electron chi connectivity index (χ0n) is 23.1. The summed E-state index contributed by atoms with van der Waals surface area (Å²) in [6.07, 6.45) is 4.23. The van der Waals surface area contributed by atoms with E-state index in [9.17, 15) is 9.59 Å². The summed E-state index contributed by atoms with van der Waals surface area (Å²) in [4.78, 5) is 30.5. The number of piperazine rings is 1.